The van der Waals surface area contributed by atoms with Crippen LogP contribution in [0.2, 0.25) is 0 Å². The van der Waals surface area contributed by atoms with Crippen LogP contribution in [0, 0.1) is 68.5 Å². The summed E-state index contributed by atoms with van der Waals surface area (Å²) in [6.07, 6.45) is 19.3. The number of nitrogens with zero attached hydrogens (tertiary/aromatic N) is 1. The van der Waals surface area contributed by atoms with E-state index in [1.165, 1.54) is 24.8 Å². The fourth-order valence-electron chi connectivity index (χ4n) is 8.40. The molecule has 0 aromatic carbocycles. The van der Waals surface area contributed by atoms with Crippen molar-refractivity contribution >= 4 is 0 Å². The largest absolute Gasteiger partial charge is 0.193 e. The maximum atomic E-state index is 9.73. The van der Waals surface area contributed by atoms with Crippen molar-refractivity contribution in [1.82, 2.24) is 0 Å². The molecule has 0 aromatic heterocycles. The van der Waals surface area contributed by atoms with Gasteiger partial charge in [-0.2, -0.15) is 5.26 Å². The van der Waals surface area contributed by atoms with E-state index < -0.39 is 0 Å². The van der Waals surface area contributed by atoms with E-state index in [0.717, 1.165) is 18.4 Å². The maximum Gasteiger partial charge on any atom is 0.0941 e. The van der Waals surface area contributed by atoms with Crippen LogP contribution in [0.15, 0.2) is 60.8 Å². The van der Waals surface area contributed by atoms with Gasteiger partial charge in [-0.15, -0.1) is 12.5 Å². The van der Waals surface area contributed by atoms with Crippen LogP contribution < -0.4 is 0 Å². The van der Waals surface area contributed by atoms with Crippen LogP contribution in [0.4, 0.5) is 0 Å². The molecule has 3 aliphatic rings. The lowest BCUT2D eigenvalue weighted by atomic mass is 9.40. The van der Waals surface area contributed by atoms with Gasteiger partial charge in [-0.3, -0.25) is 0 Å². The fraction of sp³-hybridized carbons (Fsp3) is 0.606. The van der Waals surface area contributed by atoms with Crippen LogP contribution in [-0.2, 0) is 0 Å². The Labute approximate surface area is 209 Å². The Morgan fingerprint density at radius 1 is 1.21 bits per heavy atom. The topological polar surface area (TPSA) is 23.8 Å². The SMILES string of the molecule is C=C/C=C1/C(C)(/C=C(\C)C#N)C(C(C)C=C)CCC1(C)C1CCC2(C=CC2)C(C)C1(C)C#CC. The van der Waals surface area contributed by atoms with Crippen molar-refractivity contribution in [3.05, 3.63) is 60.8 Å². The van der Waals surface area contributed by atoms with E-state index in [-0.39, 0.29) is 16.2 Å². The molecule has 34 heavy (non-hydrogen) atoms. The maximum absolute atomic E-state index is 9.73. The van der Waals surface area contributed by atoms with Gasteiger partial charge in [-0.05, 0) is 87.4 Å². The first-order valence-corrected chi connectivity index (χ1v) is 13.2. The minimum absolute atomic E-state index is 0.0193. The van der Waals surface area contributed by atoms with Crippen molar-refractivity contribution in [3.8, 4) is 17.9 Å². The Kier molecular flexibility index (Phi) is 7.30. The molecule has 2 saturated carbocycles. The fourth-order valence-corrected chi connectivity index (χ4v) is 8.40. The lowest BCUT2D eigenvalue weighted by molar-refractivity contribution is -0.0649. The normalized spacial score (nSPS) is 43.9. The summed E-state index contributed by atoms with van der Waals surface area (Å²) in [4.78, 5) is 0. The minimum Gasteiger partial charge on any atom is -0.193 e. The summed E-state index contributed by atoms with van der Waals surface area (Å²) in [5.74, 6) is 8.83. The summed E-state index contributed by atoms with van der Waals surface area (Å²) in [7, 11) is 0. The van der Waals surface area contributed by atoms with Crippen LogP contribution in [0.1, 0.15) is 80.6 Å². The summed E-state index contributed by atoms with van der Waals surface area (Å²) in [6, 6.07) is 2.41. The molecule has 0 saturated heterocycles. The summed E-state index contributed by atoms with van der Waals surface area (Å²) in [5.41, 5.74) is 2.20. The van der Waals surface area contributed by atoms with E-state index in [1.54, 1.807) is 0 Å². The number of rotatable bonds is 5. The van der Waals surface area contributed by atoms with Crippen LogP contribution in [-0.4, -0.2) is 0 Å². The minimum atomic E-state index is -0.232. The quantitative estimate of drug-likeness (QED) is 0.231. The molecule has 8 unspecified atom stereocenters. The van der Waals surface area contributed by atoms with Crippen LogP contribution in [0.3, 0.4) is 0 Å². The third kappa shape index (κ3) is 3.87. The van der Waals surface area contributed by atoms with Gasteiger partial charge in [0.1, 0.15) is 0 Å². The zero-order valence-electron chi connectivity index (χ0n) is 22.7. The van der Waals surface area contributed by atoms with Crippen LogP contribution >= 0.6 is 0 Å². The van der Waals surface area contributed by atoms with Crippen molar-refractivity contribution in [2.75, 3.05) is 0 Å². The number of allylic oxidation sites excluding steroid dienone is 8. The van der Waals surface area contributed by atoms with Gasteiger partial charge in [-0.1, -0.05) is 82.2 Å². The van der Waals surface area contributed by atoms with Gasteiger partial charge < -0.3 is 0 Å². The number of nitriles is 1. The molecule has 0 aliphatic heterocycles. The molecule has 8 atom stereocenters. The molecule has 0 aromatic rings. The first-order chi connectivity index (χ1) is 16.0. The van der Waals surface area contributed by atoms with Crippen molar-refractivity contribution in [2.24, 2.45) is 45.3 Å². The van der Waals surface area contributed by atoms with Gasteiger partial charge in [0.05, 0.1) is 6.07 Å². The highest BCUT2D eigenvalue weighted by Gasteiger charge is 2.61. The molecule has 0 heterocycles. The molecule has 0 N–H and O–H groups in total. The number of hydrogen-bond acceptors (Lipinski definition) is 1. The van der Waals surface area contributed by atoms with Gasteiger partial charge in [0.25, 0.3) is 0 Å². The average molecular weight is 456 g/mol. The molecule has 0 amide bonds. The molecule has 3 aliphatic carbocycles. The van der Waals surface area contributed by atoms with E-state index in [4.69, 9.17) is 0 Å². The lowest BCUT2D eigenvalue weighted by Gasteiger charge is -2.63. The average Bonchev–Trinajstić information content (AvgIpc) is 2.77. The van der Waals surface area contributed by atoms with Gasteiger partial charge in [0, 0.05) is 16.4 Å². The summed E-state index contributed by atoms with van der Waals surface area (Å²) in [6.45, 7) is 24.2. The van der Waals surface area contributed by atoms with E-state index in [0.29, 0.717) is 29.1 Å². The molecule has 0 bridgehead atoms. The molecule has 3 rings (SSSR count). The van der Waals surface area contributed by atoms with Crippen molar-refractivity contribution < 1.29 is 0 Å². The first-order valence-electron chi connectivity index (χ1n) is 13.2. The highest BCUT2D eigenvalue weighted by atomic mass is 14.6. The molecule has 1 spiro atoms. The van der Waals surface area contributed by atoms with Gasteiger partial charge in [0.15, 0.2) is 0 Å². The molecule has 182 valence electrons. The smallest absolute Gasteiger partial charge is 0.0941 e. The van der Waals surface area contributed by atoms with Gasteiger partial charge >= 0.3 is 0 Å². The second kappa shape index (κ2) is 9.42. The first kappa shape index (κ1) is 26.4. The molecule has 0 radical (unpaired) electrons. The second-order valence-corrected chi connectivity index (χ2v) is 12.0. The van der Waals surface area contributed by atoms with E-state index in [9.17, 15) is 5.26 Å². The highest BCUT2D eigenvalue weighted by molar-refractivity contribution is 5.40. The Balaban J connectivity index is 2.22. The molecule has 1 heteroatoms. The van der Waals surface area contributed by atoms with Crippen molar-refractivity contribution in [2.45, 2.75) is 80.6 Å². The van der Waals surface area contributed by atoms with Crippen LogP contribution in [0.25, 0.3) is 0 Å². The Bertz CT molecular complexity index is 1020. The standard InChI is InChI=1S/C33H45N/c1-10-14-28-31(8,20-15-27(25(5)12-3)32(28,9)22-24(4)23-34)29-16-21-33(18-13-19-33)26(6)30(29,7)17-11-2/h10,12-14,18,22,25-27,29H,1,3,15-16,19-21H2,2,4-9H3/b24-22+,28-14+. The molecule has 2 fully saturated rings. The third-order valence-electron chi connectivity index (χ3n) is 10.4. The molecular weight excluding hydrogens is 410 g/mol. The Hall–Kier alpha value is -2.25. The Morgan fingerprint density at radius 3 is 2.38 bits per heavy atom. The zero-order valence-corrected chi connectivity index (χ0v) is 22.7. The third-order valence-corrected chi connectivity index (χ3v) is 10.4. The van der Waals surface area contributed by atoms with E-state index in [2.05, 4.69) is 96.1 Å². The van der Waals surface area contributed by atoms with Gasteiger partial charge in [-0.25, -0.2) is 0 Å². The lowest BCUT2D eigenvalue weighted by Crippen LogP contribution is -2.56. The summed E-state index contributed by atoms with van der Waals surface area (Å²) >= 11 is 0. The predicted molar refractivity (Wildman–Crippen MR) is 146 cm³/mol. The zero-order chi connectivity index (χ0) is 25.4. The van der Waals surface area contributed by atoms with Crippen molar-refractivity contribution in [1.29, 1.82) is 5.26 Å². The summed E-state index contributed by atoms with van der Waals surface area (Å²) in [5, 5.41) is 9.73. The highest BCUT2D eigenvalue weighted by Crippen LogP contribution is 2.68. The monoisotopic (exact) mass is 455 g/mol. The number of hydrogen-bond donors (Lipinski definition) is 0. The molecule has 1 nitrogen and oxygen atoms in total. The predicted octanol–water partition coefficient (Wildman–Crippen LogP) is 8.84. The second-order valence-electron chi connectivity index (χ2n) is 12.0. The Morgan fingerprint density at radius 2 is 1.88 bits per heavy atom. The summed E-state index contributed by atoms with van der Waals surface area (Å²) < 4.78 is 0. The van der Waals surface area contributed by atoms with E-state index >= 15 is 0 Å². The van der Waals surface area contributed by atoms with E-state index in [1.807, 2.05) is 19.9 Å². The van der Waals surface area contributed by atoms with Gasteiger partial charge in [0.2, 0.25) is 0 Å². The van der Waals surface area contributed by atoms with Crippen LogP contribution in [0.5, 0.6) is 0 Å². The van der Waals surface area contributed by atoms with Crippen molar-refractivity contribution in [3.63, 3.8) is 0 Å². The molecular formula is C33H45N.